The zero-order chi connectivity index (χ0) is 16.6. The first kappa shape index (κ1) is 15.9. The predicted molar refractivity (Wildman–Crippen MR) is 99.8 cm³/mol. The largest absolute Gasteiger partial charge is 0.493 e. The number of para-hydroxylation sites is 1. The molecule has 3 aromatic rings. The van der Waals surface area contributed by atoms with Gasteiger partial charge in [0.25, 0.3) is 0 Å². The smallest absolute Gasteiger partial charge is 0.122 e. The van der Waals surface area contributed by atoms with E-state index in [1.165, 1.54) is 5.56 Å². The Morgan fingerprint density at radius 2 is 1.29 bits per heavy atom. The van der Waals surface area contributed by atoms with Crippen LogP contribution in [0.25, 0.3) is 5.57 Å². The highest BCUT2D eigenvalue weighted by Gasteiger charge is 2.08. The molecule has 0 fully saturated rings. The molecule has 0 spiro atoms. The van der Waals surface area contributed by atoms with E-state index in [0.29, 0.717) is 0 Å². The fraction of sp³-hybridized carbons (Fsp3) is 0.0909. The minimum Gasteiger partial charge on any atom is -0.493 e. The summed E-state index contributed by atoms with van der Waals surface area (Å²) in [5.41, 5.74) is 10.4. The van der Waals surface area contributed by atoms with Crippen molar-refractivity contribution in [1.82, 2.24) is 0 Å². The van der Waals surface area contributed by atoms with Crippen molar-refractivity contribution in [2.75, 3.05) is 6.61 Å². The molecule has 1 aliphatic rings. The van der Waals surface area contributed by atoms with E-state index in [9.17, 15) is 0 Å². The lowest BCUT2D eigenvalue weighted by atomic mass is 9.99. The van der Waals surface area contributed by atoms with Gasteiger partial charge in [-0.3, -0.25) is 0 Å². The van der Waals surface area contributed by atoms with Gasteiger partial charge in [-0.2, -0.15) is 0 Å². The molecule has 24 heavy (non-hydrogen) atoms. The van der Waals surface area contributed by atoms with Crippen molar-refractivity contribution >= 4 is 5.57 Å². The SMILES string of the molecule is NC=C(c1ccccc1)c1ccccc1.c1ccc2c(c1)CCO2. The minimum absolute atomic E-state index is 0.860. The molecule has 0 aliphatic carbocycles. The Morgan fingerprint density at radius 3 is 1.83 bits per heavy atom. The van der Waals surface area contributed by atoms with Gasteiger partial charge in [-0.15, -0.1) is 0 Å². The summed E-state index contributed by atoms with van der Waals surface area (Å²) < 4.78 is 5.30. The van der Waals surface area contributed by atoms with Gasteiger partial charge in [-0.1, -0.05) is 78.9 Å². The number of rotatable bonds is 2. The topological polar surface area (TPSA) is 35.2 Å². The van der Waals surface area contributed by atoms with Gasteiger partial charge in [0.1, 0.15) is 5.75 Å². The van der Waals surface area contributed by atoms with Crippen LogP contribution in [0.4, 0.5) is 0 Å². The number of hydrogen-bond donors (Lipinski definition) is 1. The third-order valence-electron chi connectivity index (χ3n) is 3.94. The van der Waals surface area contributed by atoms with Crippen LogP contribution >= 0.6 is 0 Å². The van der Waals surface area contributed by atoms with Gasteiger partial charge in [-0.05, 0) is 22.8 Å². The van der Waals surface area contributed by atoms with Crippen LogP contribution in [0.2, 0.25) is 0 Å². The molecule has 2 heteroatoms. The van der Waals surface area contributed by atoms with Crippen LogP contribution in [0.3, 0.4) is 0 Å². The van der Waals surface area contributed by atoms with Crippen molar-refractivity contribution in [3.05, 3.63) is 108 Å². The molecule has 120 valence electrons. The van der Waals surface area contributed by atoms with Crippen molar-refractivity contribution < 1.29 is 4.74 Å². The van der Waals surface area contributed by atoms with Crippen LogP contribution < -0.4 is 10.5 Å². The summed E-state index contributed by atoms with van der Waals surface area (Å²) in [7, 11) is 0. The first-order valence-electron chi connectivity index (χ1n) is 8.12. The first-order chi connectivity index (χ1) is 11.9. The van der Waals surface area contributed by atoms with Gasteiger partial charge >= 0.3 is 0 Å². The second kappa shape index (κ2) is 8.02. The molecule has 0 bridgehead atoms. The molecule has 1 aliphatic heterocycles. The summed E-state index contributed by atoms with van der Waals surface area (Å²) in [5, 5.41) is 0. The highest BCUT2D eigenvalue weighted by atomic mass is 16.5. The third kappa shape index (κ3) is 3.85. The van der Waals surface area contributed by atoms with Gasteiger partial charge in [0.2, 0.25) is 0 Å². The highest BCUT2D eigenvalue weighted by molar-refractivity contribution is 5.79. The van der Waals surface area contributed by atoms with E-state index in [4.69, 9.17) is 10.5 Å². The van der Waals surface area contributed by atoms with E-state index >= 15 is 0 Å². The zero-order valence-electron chi connectivity index (χ0n) is 13.6. The van der Waals surface area contributed by atoms with Gasteiger partial charge in [0.15, 0.2) is 0 Å². The molecule has 0 unspecified atom stereocenters. The molecule has 0 saturated carbocycles. The van der Waals surface area contributed by atoms with Gasteiger partial charge in [0, 0.05) is 18.2 Å². The zero-order valence-corrected chi connectivity index (χ0v) is 13.6. The second-order valence-corrected chi connectivity index (χ2v) is 5.52. The Bertz CT molecular complexity index is 730. The maximum Gasteiger partial charge on any atom is 0.122 e. The van der Waals surface area contributed by atoms with Crippen LogP contribution in [0.15, 0.2) is 91.1 Å². The number of ether oxygens (including phenoxy) is 1. The average Bonchev–Trinajstić information content (AvgIpc) is 3.14. The Labute approximate surface area is 143 Å². The van der Waals surface area contributed by atoms with Gasteiger partial charge < -0.3 is 10.5 Å². The molecule has 0 radical (unpaired) electrons. The maximum atomic E-state index is 5.67. The number of benzene rings is 3. The first-order valence-corrected chi connectivity index (χ1v) is 8.12. The Hall–Kier alpha value is -3.00. The number of nitrogens with two attached hydrogens (primary N) is 1. The lowest BCUT2D eigenvalue weighted by Gasteiger charge is -2.06. The molecule has 0 atom stereocenters. The molecule has 0 aromatic heterocycles. The van der Waals surface area contributed by atoms with Crippen molar-refractivity contribution in [3.63, 3.8) is 0 Å². The Morgan fingerprint density at radius 1 is 0.750 bits per heavy atom. The molecule has 1 heterocycles. The summed E-state index contributed by atoms with van der Waals surface area (Å²) in [4.78, 5) is 0. The van der Waals surface area contributed by atoms with Crippen LogP contribution in [-0.2, 0) is 6.42 Å². The molecular weight excluding hydrogens is 294 g/mol. The van der Waals surface area contributed by atoms with Crippen molar-refractivity contribution in [3.8, 4) is 5.75 Å². The normalized spacial score (nSPS) is 11.5. The lowest BCUT2D eigenvalue weighted by Crippen LogP contribution is -1.91. The monoisotopic (exact) mass is 315 g/mol. The molecular formula is C22H21NO. The van der Waals surface area contributed by atoms with E-state index in [0.717, 1.165) is 35.5 Å². The number of fused-ring (bicyclic) bond motifs is 1. The molecule has 2 N–H and O–H groups in total. The fourth-order valence-corrected chi connectivity index (χ4v) is 2.72. The fourth-order valence-electron chi connectivity index (χ4n) is 2.72. The summed E-state index contributed by atoms with van der Waals surface area (Å²) in [5.74, 6) is 1.07. The summed E-state index contributed by atoms with van der Waals surface area (Å²) >= 11 is 0. The molecule has 2 nitrogen and oxygen atoms in total. The molecule has 3 aromatic carbocycles. The number of hydrogen-bond acceptors (Lipinski definition) is 2. The van der Waals surface area contributed by atoms with E-state index in [-0.39, 0.29) is 0 Å². The third-order valence-corrected chi connectivity index (χ3v) is 3.94. The van der Waals surface area contributed by atoms with Crippen LogP contribution in [0, 0.1) is 0 Å². The van der Waals surface area contributed by atoms with Crippen LogP contribution in [-0.4, -0.2) is 6.61 Å². The van der Waals surface area contributed by atoms with Crippen molar-refractivity contribution in [1.29, 1.82) is 0 Å². The second-order valence-electron chi connectivity index (χ2n) is 5.52. The summed E-state index contributed by atoms with van der Waals surface area (Å²) in [6.45, 7) is 0.860. The Kier molecular flexibility index (Phi) is 5.31. The van der Waals surface area contributed by atoms with Crippen LogP contribution in [0.5, 0.6) is 5.75 Å². The van der Waals surface area contributed by atoms with E-state index in [2.05, 4.69) is 30.3 Å². The van der Waals surface area contributed by atoms with E-state index in [1.54, 1.807) is 6.20 Å². The predicted octanol–water partition coefficient (Wildman–Crippen LogP) is 4.66. The Balaban J connectivity index is 0.000000159. The van der Waals surface area contributed by atoms with Crippen LogP contribution in [0.1, 0.15) is 16.7 Å². The molecule has 4 rings (SSSR count). The van der Waals surface area contributed by atoms with Gasteiger partial charge in [-0.25, -0.2) is 0 Å². The molecule has 0 saturated heterocycles. The minimum atomic E-state index is 0.860. The molecule has 0 amide bonds. The van der Waals surface area contributed by atoms with Crippen molar-refractivity contribution in [2.45, 2.75) is 6.42 Å². The van der Waals surface area contributed by atoms with E-state index in [1.807, 2.05) is 54.6 Å². The summed E-state index contributed by atoms with van der Waals surface area (Å²) in [6.07, 6.45) is 2.74. The lowest BCUT2D eigenvalue weighted by molar-refractivity contribution is 0.357. The summed E-state index contributed by atoms with van der Waals surface area (Å²) in [6, 6.07) is 28.5. The highest BCUT2D eigenvalue weighted by Crippen LogP contribution is 2.23. The quantitative estimate of drug-likeness (QED) is 0.746. The standard InChI is InChI=1S/C14H13N.C8H8O/c15-11-14(12-7-3-1-4-8-12)13-9-5-2-6-10-13;1-2-4-8-7(3-1)5-6-9-8/h1-11H,15H2;1-4H,5-6H2. The maximum absolute atomic E-state index is 5.67. The van der Waals surface area contributed by atoms with E-state index < -0.39 is 0 Å². The average molecular weight is 315 g/mol. The van der Waals surface area contributed by atoms with Gasteiger partial charge in [0.05, 0.1) is 6.61 Å². The van der Waals surface area contributed by atoms with Crippen molar-refractivity contribution in [2.24, 2.45) is 5.73 Å².